The molecule has 0 aliphatic carbocycles. The maximum atomic E-state index is 12.8. The zero-order valence-electron chi connectivity index (χ0n) is 16.7. The van der Waals surface area contributed by atoms with Crippen LogP contribution >= 0.6 is 11.3 Å². The molecule has 1 aliphatic rings. The molecule has 30 heavy (non-hydrogen) atoms. The Bertz CT molecular complexity index is 966. The first-order valence-electron chi connectivity index (χ1n) is 10.2. The van der Waals surface area contributed by atoms with Crippen LogP contribution in [0.3, 0.4) is 0 Å². The van der Waals surface area contributed by atoms with Gasteiger partial charge in [0, 0.05) is 48.4 Å². The van der Waals surface area contributed by atoms with E-state index in [1.807, 2.05) is 41.8 Å². The van der Waals surface area contributed by atoms with E-state index in [2.05, 4.69) is 21.4 Å². The van der Waals surface area contributed by atoms with Crippen LogP contribution in [0.2, 0.25) is 0 Å². The number of thiophene rings is 1. The number of hydrogen-bond acceptors (Lipinski definition) is 5. The standard InChI is InChI=1S/C23H24N4O2S/c28-22(24-11-8-20-7-4-14-30-20)18-9-12-27(13-10-18)23(29)19-15-25-21(26-16-19)17-5-2-1-3-6-17/h1-7,14-16,18H,8-13H2,(H,24,28). The molecule has 1 aliphatic heterocycles. The summed E-state index contributed by atoms with van der Waals surface area (Å²) >= 11 is 1.71. The molecule has 0 bridgehead atoms. The van der Waals surface area contributed by atoms with Crippen LogP contribution in [0, 0.1) is 5.92 Å². The summed E-state index contributed by atoms with van der Waals surface area (Å²) in [5.74, 6) is 0.583. The fourth-order valence-electron chi connectivity index (χ4n) is 3.61. The Morgan fingerprint density at radius 3 is 2.43 bits per heavy atom. The number of likely N-dealkylation sites (tertiary alicyclic amines) is 1. The summed E-state index contributed by atoms with van der Waals surface area (Å²) in [5, 5.41) is 5.08. The number of benzene rings is 1. The quantitative estimate of drug-likeness (QED) is 0.663. The van der Waals surface area contributed by atoms with E-state index < -0.39 is 0 Å². The number of aromatic nitrogens is 2. The highest BCUT2D eigenvalue weighted by molar-refractivity contribution is 7.09. The molecule has 3 aromatic rings. The van der Waals surface area contributed by atoms with E-state index in [0.29, 0.717) is 43.9 Å². The lowest BCUT2D eigenvalue weighted by Crippen LogP contribution is -2.43. The summed E-state index contributed by atoms with van der Waals surface area (Å²) in [7, 11) is 0. The molecule has 154 valence electrons. The largest absolute Gasteiger partial charge is 0.355 e. The van der Waals surface area contributed by atoms with Gasteiger partial charge in [0.05, 0.1) is 5.56 Å². The third-order valence-electron chi connectivity index (χ3n) is 5.33. The van der Waals surface area contributed by atoms with E-state index in [1.165, 1.54) is 4.88 Å². The van der Waals surface area contributed by atoms with Gasteiger partial charge in [-0.1, -0.05) is 36.4 Å². The fraction of sp³-hybridized carbons (Fsp3) is 0.304. The van der Waals surface area contributed by atoms with E-state index in [-0.39, 0.29) is 17.7 Å². The number of nitrogens with one attached hydrogen (secondary N) is 1. The second kappa shape index (κ2) is 9.63. The molecule has 7 heteroatoms. The Balaban J connectivity index is 1.26. The average molecular weight is 421 g/mol. The number of amides is 2. The van der Waals surface area contributed by atoms with E-state index in [0.717, 1.165) is 12.0 Å². The third kappa shape index (κ3) is 4.91. The zero-order valence-corrected chi connectivity index (χ0v) is 17.5. The molecule has 2 aromatic heterocycles. The van der Waals surface area contributed by atoms with E-state index in [4.69, 9.17) is 0 Å². The lowest BCUT2D eigenvalue weighted by atomic mass is 9.95. The predicted octanol–water partition coefficient (Wildman–Crippen LogP) is 3.42. The fourth-order valence-corrected chi connectivity index (χ4v) is 4.32. The molecule has 3 heterocycles. The number of carbonyl (C=O) groups is 2. The minimum Gasteiger partial charge on any atom is -0.355 e. The zero-order chi connectivity index (χ0) is 20.8. The Kier molecular flexibility index (Phi) is 6.49. The summed E-state index contributed by atoms with van der Waals surface area (Å²) in [6.45, 7) is 1.80. The van der Waals surface area contributed by atoms with Gasteiger partial charge in [-0.3, -0.25) is 9.59 Å². The van der Waals surface area contributed by atoms with Crippen LogP contribution in [0.5, 0.6) is 0 Å². The smallest absolute Gasteiger partial charge is 0.256 e. The molecule has 0 unspecified atom stereocenters. The van der Waals surface area contributed by atoms with Gasteiger partial charge in [0.2, 0.25) is 5.91 Å². The highest BCUT2D eigenvalue weighted by atomic mass is 32.1. The predicted molar refractivity (Wildman–Crippen MR) is 117 cm³/mol. The molecular weight excluding hydrogens is 396 g/mol. The number of carbonyl (C=O) groups excluding carboxylic acids is 2. The summed E-state index contributed by atoms with van der Waals surface area (Å²) in [6.07, 6.45) is 5.39. The van der Waals surface area contributed by atoms with Gasteiger partial charge in [-0.2, -0.15) is 0 Å². The Labute approximate surface area is 180 Å². The van der Waals surface area contributed by atoms with Crippen LogP contribution in [0.1, 0.15) is 28.1 Å². The van der Waals surface area contributed by atoms with E-state index >= 15 is 0 Å². The second-order valence-corrected chi connectivity index (χ2v) is 8.38. The molecule has 6 nitrogen and oxygen atoms in total. The van der Waals surface area contributed by atoms with E-state index in [9.17, 15) is 9.59 Å². The highest BCUT2D eigenvalue weighted by Crippen LogP contribution is 2.20. The number of nitrogens with zero attached hydrogens (tertiary/aromatic N) is 3. The van der Waals surface area contributed by atoms with Gasteiger partial charge in [0.25, 0.3) is 5.91 Å². The molecule has 0 radical (unpaired) electrons. The van der Waals surface area contributed by atoms with Crippen molar-refractivity contribution < 1.29 is 9.59 Å². The van der Waals surface area contributed by atoms with Crippen molar-refractivity contribution in [2.45, 2.75) is 19.3 Å². The van der Waals surface area contributed by atoms with Crippen molar-refractivity contribution in [3.8, 4) is 11.4 Å². The lowest BCUT2D eigenvalue weighted by molar-refractivity contribution is -0.126. The van der Waals surface area contributed by atoms with Gasteiger partial charge in [0.1, 0.15) is 0 Å². The lowest BCUT2D eigenvalue weighted by Gasteiger charge is -2.31. The van der Waals surface area contributed by atoms with Crippen LogP contribution < -0.4 is 5.32 Å². The summed E-state index contributed by atoms with van der Waals surface area (Å²) < 4.78 is 0. The van der Waals surface area contributed by atoms with Gasteiger partial charge in [-0.15, -0.1) is 11.3 Å². The van der Waals surface area contributed by atoms with E-state index in [1.54, 1.807) is 28.6 Å². The van der Waals surface area contributed by atoms with Gasteiger partial charge < -0.3 is 10.2 Å². The molecule has 1 N–H and O–H groups in total. The topological polar surface area (TPSA) is 75.2 Å². The first kappa shape index (κ1) is 20.2. The van der Waals surface area contributed by atoms with Gasteiger partial charge in [0.15, 0.2) is 5.82 Å². The SMILES string of the molecule is O=C(NCCc1cccs1)C1CCN(C(=O)c2cnc(-c3ccccc3)nc2)CC1. The second-order valence-electron chi connectivity index (χ2n) is 7.35. The van der Waals surface area contributed by atoms with Crippen molar-refractivity contribution in [1.82, 2.24) is 20.2 Å². The first-order chi connectivity index (χ1) is 14.7. The van der Waals surface area contributed by atoms with Crippen molar-refractivity contribution in [3.05, 3.63) is 70.7 Å². The molecular formula is C23H24N4O2S. The van der Waals surface area contributed by atoms with Crippen molar-refractivity contribution in [3.63, 3.8) is 0 Å². The van der Waals surface area contributed by atoms with Crippen LogP contribution in [0.25, 0.3) is 11.4 Å². The molecule has 4 rings (SSSR count). The van der Waals surface area contributed by atoms with Gasteiger partial charge in [-0.25, -0.2) is 9.97 Å². The molecule has 1 aromatic carbocycles. The Morgan fingerprint density at radius 1 is 1.03 bits per heavy atom. The molecule has 0 atom stereocenters. The van der Waals surface area contributed by atoms with Crippen LogP contribution in [-0.2, 0) is 11.2 Å². The van der Waals surface area contributed by atoms with Gasteiger partial charge in [-0.05, 0) is 30.7 Å². The van der Waals surface area contributed by atoms with Crippen LogP contribution in [0.15, 0.2) is 60.2 Å². The Morgan fingerprint density at radius 2 is 1.77 bits per heavy atom. The molecule has 1 saturated heterocycles. The van der Waals surface area contributed by atoms with Crippen molar-refractivity contribution in [2.75, 3.05) is 19.6 Å². The molecule has 1 fully saturated rings. The highest BCUT2D eigenvalue weighted by Gasteiger charge is 2.28. The first-order valence-corrected chi connectivity index (χ1v) is 11.1. The summed E-state index contributed by atoms with van der Waals surface area (Å²) in [4.78, 5) is 36.9. The average Bonchev–Trinajstić information content (AvgIpc) is 3.33. The molecule has 0 saturated carbocycles. The number of piperidine rings is 1. The molecule has 2 amide bonds. The maximum Gasteiger partial charge on any atom is 0.256 e. The minimum absolute atomic E-state index is 0.0332. The third-order valence-corrected chi connectivity index (χ3v) is 6.27. The van der Waals surface area contributed by atoms with Crippen LogP contribution in [0.4, 0.5) is 0 Å². The summed E-state index contributed by atoms with van der Waals surface area (Å²) in [5.41, 5.74) is 1.40. The van der Waals surface area contributed by atoms with Crippen molar-refractivity contribution in [2.24, 2.45) is 5.92 Å². The van der Waals surface area contributed by atoms with Gasteiger partial charge >= 0.3 is 0 Å². The molecule has 0 spiro atoms. The Hall–Kier alpha value is -3.06. The number of hydrogen-bond donors (Lipinski definition) is 1. The maximum absolute atomic E-state index is 12.8. The van der Waals surface area contributed by atoms with Crippen molar-refractivity contribution >= 4 is 23.2 Å². The summed E-state index contributed by atoms with van der Waals surface area (Å²) in [6, 6.07) is 13.8. The monoisotopic (exact) mass is 420 g/mol. The normalized spacial score (nSPS) is 14.5. The van der Waals surface area contributed by atoms with Crippen molar-refractivity contribution in [1.29, 1.82) is 0 Å². The number of rotatable bonds is 6. The van der Waals surface area contributed by atoms with Crippen LogP contribution in [-0.4, -0.2) is 46.3 Å². The minimum atomic E-state index is -0.0776.